The van der Waals surface area contributed by atoms with Gasteiger partial charge in [-0.3, -0.25) is 5.01 Å². The summed E-state index contributed by atoms with van der Waals surface area (Å²) in [7, 11) is 1.85. The zero-order chi connectivity index (χ0) is 8.43. The molecule has 1 aliphatic rings. The molecular weight excluding hydrogens is 140 g/mol. The first kappa shape index (κ1) is 7.78. The van der Waals surface area contributed by atoms with Gasteiger partial charge in [-0.25, -0.2) is 4.99 Å². The molecule has 0 aliphatic carbocycles. The van der Waals surface area contributed by atoms with Crippen LogP contribution in [0.1, 0.15) is 13.8 Å². The van der Waals surface area contributed by atoms with E-state index < -0.39 is 0 Å². The molecule has 0 radical (unpaired) electrons. The van der Waals surface area contributed by atoms with E-state index in [1.54, 1.807) is 5.01 Å². The van der Waals surface area contributed by atoms with Crippen LogP contribution in [0.25, 0.3) is 0 Å². The molecule has 4 nitrogen and oxygen atoms in total. The maximum atomic E-state index is 5.63. The predicted octanol–water partition coefficient (Wildman–Crippen LogP) is 0.526. The van der Waals surface area contributed by atoms with E-state index in [2.05, 4.69) is 10.1 Å². The predicted molar refractivity (Wildman–Crippen MR) is 46.3 cm³/mol. The van der Waals surface area contributed by atoms with Crippen LogP contribution < -0.4 is 5.73 Å². The van der Waals surface area contributed by atoms with Crippen LogP contribution in [0.15, 0.2) is 21.4 Å². The number of rotatable bonds is 0. The molecule has 0 saturated heterocycles. The van der Waals surface area contributed by atoms with Crippen LogP contribution in [0.5, 0.6) is 0 Å². The van der Waals surface area contributed by atoms with Gasteiger partial charge in [0.05, 0.1) is 5.70 Å². The van der Waals surface area contributed by atoms with Gasteiger partial charge in [0.25, 0.3) is 0 Å². The fraction of sp³-hybridized carbons (Fsp3) is 0.429. The second-order valence-corrected chi connectivity index (χ2v) is 2.62. The van der Waals surface area contributed by atoms with E-state index in [4.69, 9.17) is 5.73 Å². The van der Waals surface area contributed by atoms with Crippen LogP contribution in [-0.4, -0.2) is 24.2 Å². The molecule has 0 aromatic rings. The van der Waals surface area contributed by atoms with Crippen molar-refractivity contribution < 1.29 is 0 Å². The van der Waals surface area contributed by atoms with E-state index in [9.17, 15) is 0 Å². The zero-order valence-electron chi connectivity index (χ0n) is 7.00. The summed E-state index contributed by atoms with van der Waals surface area (Å²) in [5.41, 5.74) is 7.64. The van der Waals surface area contributed by atoms with Crippen molar-refractivity contribution in [1.29, 1.82) is 0 Å². The Labute approximate surface area is 66.1 Å². The molecular formula is C7H12N4. The molecule has 0 amide bonds. The Hall–Kier alpha value is -1.32. The van der Waals surface area contributed by atoms with E-state index in [1.807, 2.05) is 20.9 Å². The number of nitrogens with zero attached hydrogens (tertiary/aromatic N) is 3. The smallest absolute Gasteiger partial charge is 0.150 e. The third-order valence-corrected chi connectivity index (χ3v) is 1.46. The SMILES string of the molecule is CC(C)=C1C(N)=NC=NN1C. The Kier molecular flexibility index (Phi) is 1.94. The van der Waals surface area contributed by atoms with Crippen molar-refractivity contribution in [3.05, 3.63) is 11.3 Å². The number of amidine groups is 1. The normalized spacial score (nSPS) is 16.8. The number of aliphatic imine (C=N–C) groups is 1. The van der Waals surface area contributed by atoms with E-state index >= 15 is 0 Å². The van der Waals surface area contributed by atoms with E-state index in [0.717, 1.165) is 11.3 Å². The van der Waals surface area contributed by atoms with E-state index in [0.29, 0.717) is 5.84 Å². The highest BCUT2D eigenvalue weighted by Crippen LogP contribution is 2.10. The Morgan fingerprint density at radius 3 is 2.55 bits per heavy atom. The number of hydrogen-bond donors (Lipinski definition) is 1. The summed E-state index contributed by atoms with van der Waals surface area (Å²) in [6, 6.07) is 0. The van der Waals surface area contributed by atoms with Crippen molar-refractivity contribution in [3.8, 4) is 0 Å². The van der Waals surface area contributed by atoms with Crippen molar-refractivity contribution >= 4 is 12.2 Å². The lowest BCUT2D eigenvalue weighted by molar-refractivity contribution is 0.461. The second-order valence-electron chi connectivity index (χ2n) is 2.62. The summed E-state index contributed by atoms with van der Waals surface area (Å²) >= 11 is 0. The molecule has 0 unspecified atom stereocenters. The average molecular weight is 152 g/mol. The quantitative estimate of drug-likeness (QED) is 0.550. The first-order valence-corrected chi connectivity index (χ1v) is 3.40. The minimum Gasteiger partial charge on any atom is -0.382 e. The molecule has 0 aromatic heterocycles. The van der Waals surface area contributed by atoms with Gasteiger partial charge in [-0.05, 0) is 19.4 Å². The standard InChI is InChI=1S/C7H12N4/c1-5(2)6-7(8)9-4-10-11(6)3/h4H,1-3H3,(H2,8,9,10). The molecule has 1 rings (SSSR count). The Morgan fingerprint density at radius 2 is 2.18 bits per heavy atom. The lowest BCUT2D eigenvalue weighted by atomic mass is 10.2. The molecule has 0 saturated carbocycles. The molecule has 11 heavy (non-hydrogen) atoms. The number of nitrogens with two attached hydrogens (primary N) is 1. The minimum atomic E-state index is 0.530. The molecule has 4 heteroatoms. The van der Waals surface area contributed by atoms with Gasteiger partial charge in [0, 0.05) is 7.05 Å². The third-order valence-electron chi connectivity index (χ3n) is 1.46. The molecule has 0 atom stereocenters. The lowest BCUT2D eigenvalue weighted by Gasteiger charge is -2.20. The first-order chi connectivity index (χ1) is 5.13. The molecule has 0 aromatic carbocycles. The Bertz CT molecular complexity index is 245. The fourth-order valence-corrected chi connectivity index (χ4v) is 1.03. The number of hydrogen-bond acceptors (Lipinski definition) is 4. The average Bonchev–Trinajstić information content (AvgIpc) is 1.85. The maximum Gasteiger partial charge on any atom is 0.150 e. The van der Waals surface area contributed by atoms with Crippen LogP contribution in [-0.2, 0) is 0 Å². The number of allylic oxidation sites excluding steroid dienone is 1. The second kappa shape index (κ2) is 2.74. The lowest BCUT2D eigenvalue weighted by Crippen LogP contribution is -2.29. The Balaban J connectivity index is 3.06. The summed E-state index contributed by atoms with van der Waals surface area (Å²) in [6.45, 7) is 3.96. The van der Waals surface area contributed by atoms with Gasteiger partial charge < -0.3 is 5.73 Å². The minimum absolute atomic E-state index is 0.530. The van der Waals surface area contributed by atoms with Gasteiger partial charge >= 0.3 is 0 Å². The molecule has 2 N–H and O–H groups in total. The molecule has 1 heterocycles. The Morgan fingerprint density at radius 1 is 1.55 bits per heavy atom. The highest BCUT2D eigenvalue weighted by molar-refractivity contribution is 6.01. The molecule has 0 bridgehead atoms. The largest absolute Gasteiger partial charge is 0.382 e. The van der Waals surface area contributed by atoms with Crippen LogP contribution >= 0.6 is 0 Å². The maximum absolute atomic E-state index is 5.63. The van der Waals surface area contributed by atoms with Gasteiger partial charge in [0.15, 0.2) is 5.84 Å². The van der Waals surface area contributed by atoms with Crippen LogP contribution in [0.2, 0.25) is 0 Å². The molecule has 0 spiro atoms. The first-order valence-electron chi connectivity index (χ1n) is 3.40. The summed E-state index contributed by atoms with van der Waals surface area (Å²) < 4.78 is 0. The van der Waals surface area contributed by atoms with Crippen molar-refractivity contribution in [3.63, 3.8) is 0 Å². The number of likely N-dealkylation sites (N-methyl/N-ethyl adjacent to an activating group) is 1. The fourth-order valence-electron chi connectivity index (χ4n) is 1.03. The van der Waals surface area contributed by atoms with Gasteiger partial charge in [0.1, 0.15) is 6.34 Å². The van der Waals surface area contributed by atoms with Gasteiger partial charge in [-0.2, -0.15) is 5.10 Å². The van der Waals surface area contributed by atoms with Gasteiger partial charge in [-0.15, -0.1) is 0 Å². The van der Waals surface area contributed by atoms with Crippen molar-refractivity contribution in [2.45, 2.75) is 13.8 Å². The van der Waals surface area contributed by atoms with E-state index in [-0.39, 0.29) is 0 Å². The molecule has 60 valence electrons. The van der Waals surface area contributed by atoms with Crippen LogP contribution in [0.4, 0.5) is 0 Å². The monoisotopic (exact) mass is 152 g/mol. The highest BCUT2D eigenvalue weighted by atomic mass is 15.5. The molecule has 1 aliphatic heterocycles. The van der Waals surface area contributed by atoms with Gasteiger partial charge in [0.2, 0.25) is 0 Å². The van der Waals surface area contributed by atoms with Crippen LogP contribution in [0.3, 0.4) is 0 Å². The van der Waals surface area contributed by atoms with Gasteiger partial charge in [-0.1, -0.05) is 0 Å². The summed E-state index contributed by atoms with van der Waals surface area (Å²) in [5.74, 6) is 0.530. The molecule has 0 fully saturated rings. The third kappa shape index (κ3) is 1.39. The summed E-state index contributed by atoms with van der Waals surface area (Å²) in [5, 5.41) is 5.69. The number of hydrazone groups is 1. The van der Waals surface area contributed by atoms with Crippen molar-refractivity contribution in [1.82, 2.24) is 5.01 Å². The highest BCUT2D eigenvalue weighted by Gasteiger charge is 2.11. The zero-order valence-corrected chi connectivity index (χ0v) is 7.00. The summed E-state index contributed by atoms with van der Waals surface area (Å²) in [4.78, 5) is 3.89. The van der Waals surface area contributed by atoms with E-state index in [1.165, 1.54) is 6.34 Å². The van der Waals surface area contributed by atoms with Crippen LogP contribution in [0, 0.1) is 0 Å². The van der Waals surface area contributed by atoms with Crippen molar-refractivity contribution in [2.24, 2.45) is 15.8 Å². The summed E-state index contributed by atoms with van der Waals surface area (Å²) in [6.07, 6.45) is 1.45. The topological polar surface area (TPSA) is 54.0 Å². The van der Waals surface area contributed by atoms with Crippen molar-refractivity contribution in [2.75, 3.05) is 7.05 Å².